The second-order valence-electron chi connectivity index (χ2n) is 4.47. The molecule has 1 rings (SSSR count). The molecule has 1 unspecified atom stereocenters. The van der Waals surface area contributed by atoms with Gasteiger partial charge < -0.3 is 15.4 Å². The van der Waals surface area contributed by atoms with Gasteiger partial charge in [0.1, 0.15) is 5.75 Å². The Bertz CT molecular complexity index is 433. The van der Waals surface area contributed by atoms with Crippen LogP contribution in [0.25, 0.3) is 0 Å². The third kappa shape index (κ3) is 3.62. The van der Waals surface area contributed by atoms with E-state index in [1.54, 1.807) is 33.2 Å². The van der Waals surface area contributed by atoms with E-state index in [1.807, 2.05) is 13.0 Å². The van der Waals surface area contributed by atoms with E-state index in [4.69, 9.17) is 22.1 Å². The summed E-state index contributed by atoms with van der Waals surface area (Å²) in [5, 5.41) is 0.461. The van der Waals surface area contributed by atoms with Gasteiger partial charge in [0.05, 0.1) is 5.02 Å². The predicted molar refractivity (Wildman–Crippen MR) is 72.8 cm³/mol. The lowest BCUT2D eigenvalue weighted by atomic mass is 10.1. The summed E-state index contributed by atoms with van der Waals surface area (Å²) in [4.78, 5) is 13.2. The third-order valence-corrected chi connectivity index (χ3v) is 2.87. The predicted octanol–water partition coefficient (Wildman–Crippen LogP) is 2.22. The van der Waals surface area contributed by atoms with Gasteiger partial charge in [-0.3, -0.25) is 4.79 Å². The molecule has 0 aromatic heterocycles. The average molecular weight is 271 g/mol. The van der Waals surface area contributed by atoms with Crippen molar-refractivity contribution in [3.8, 4) is 5.75 Å². The Morgan fingerprint density at radius 1 is 1.39 bits per heavy atom. The van der Waals surface area contributed by atoms with Gasteiger partial charge in [-0.05, 0) is 31.5 Å². The van der Waals surface area contributed by atoms with Crippen LogP contribution in [0.1, 0.15) is 25.5 Å². The summed E-state index contributed by atoms with van der Waals surface area (Å²) in [6.07, 6.45) is -0.571. The van der Waals surface area contributed by atoms with Gasteiger partial charge in [0, 0.05) is 20.1 Å². The van der Waals surface area contributed by atoms with Crippen molar-refractivity contribution >= 4 is 17.5 Å². The Morgan fingerprint density at radius 2 is 2.00 bits per heavy atom. The van der Waals surface area contributed by atoms with E-state index < -0.39 is 6.10 Å². The van der Waals surface area contributed by atoms with E-state index in [-0.39, 0.29) is 11.9 Å². The number of likely N-dealkylation sites (N-methyl/N-ethyl adjacent to an activating group) is 1. The maximum Gasteiger partial charge on any atom is 0.262 e. The summed E-state index contributed by atoms with van der Waals surface area (Å²) in [5.74, 6) is 0.381. The molecule has 0 heterocycles. The number of carbonyl (C=O) groups is 1. The Kier molecular flexibility index (Phi) is 4.99. The highest BCUT2D eigenvalue weighted by Gasteiger charge is 2.18. The highest BCUT2D eigenvalue weighted by Crippen LogP contribution is 2.28. The zero-order valence-corrected chi connectivity index (χ0v) is 11.9. The molecule has 0 aliphatic rings. The van der Waals surface area contributed by atoms with Gasteiger partial charge in [0.2, 0.25) is 0 Å². The van der Waals surface area contributed by atoms with Crippen LogP contribution < -0.4 is 10.5 Å². The van der Waals surface area contributed by atoms with Crippen LogP contribution in [0.3, 0.4) is 0 Å². The second-order valence-corrected chi connectivity index (χ2v) is 4.88. The molecular weight excluding hydrogens is 252 g/mol. The van der Waals surface area contributed by atoms with Crippen molar-refractivity contribution in [2.75, 3.05) is 14.1 Å². The van der Waals surface area contributed by atoms with Crippen LogP contribution in [-0.2, 0) is 4.79 Å². The minimum absolute atomic E-state index is 0.0858. The summed E-state index contributed by atoms with van der Waals surface area (Å²) >= 11 is 6.10. The van der Waals surface area contributed by atoms with Crippen molar-refractivity contribution in [2.24, 2.45) is 5.73 Å². The van der Waals surface area contributed by atoms with E-state index >= 15 is 0 Å². The molecule has 0 aliphatic carbocycles. The van der Waals surface area contributed by atoms with Gasteiger partial charge in [-0.2, -0.15) is 0 Å². The molecule has 0 fully saturated rings. The van der Waals surface area contributed by atoms with Crippen LogP contribution in [0.15, 0.2) is 18.2 Å². The van der Waals surface area contributed by atoms with Gasteiger partial charge in [-0.25, -0.2) is 0 Å². The monoisotopic (exact) mass is 270 g/mol. The molecule has 100 valence electrons. The molecule has 1 aromatic rings. The van der Waals surface area contributed by atoms with Gasteiger partial charge in [0.15, 0.2) is 6.10 Å². The van der Waals surface area contributed by atoms with Gasteiger partial charge in [0.25, 0.3) is 5.91 Å². The van der Waals surface area contributed by atoms with Gasteiger partial charge >= 0.3 is 0 Å². The van der Waals surface area contributed by atoms with E-state index in [9.17, 15) is 4.79 Å². The first-order valence-corrected chi connectivity index (χ1v) is 6.13. The molecule has 1 aromatic carbocycles. The van der Waals surface area contributed by atoms with Crippen molar-refractivity contribution in [1.29, 1.82) is 0 Å². The standard InChI is InChI=1S/C13H19ClN2O2/c1-8(15)10-5-6-12(11(14)7-10)18-9(2)13(17)16(3)4/h5-9H,15H2,1-4H3/t8-,9?/m0/s1. The van der Waals surface area contributed by atoms with Crippen LogP contribution in [-0.4, -0.2) is 31.0 Å². The van der Waals surface area contributed by atoms with Gasteiger partial charge in [-0.1, -0.05) is 17.7 Å². The molecule has 2 N–H and O–H groups in total. The number of carbonyl (C=O) groups excluding carboxylic acids is 1. The van der Waals surface area contributed by atoms with Crippen LogP contribution in [0.2, 0.25) is 5.02 Å². The van der Waals surface area contributed by atoms with Crippen LogP contribution >= 0.6 is 11.6 Å². The van der Waals surface area contributed by atoms with Crippen molar-refractivity contribution in [1.82, 2.24) is 4.90 Å². The van der Waals surface area contributed by atoms with E-state index in [0.717, 1.165) is 5.56 Å². The number of benzene rings is 1. The number of halogens is 1. The number of ether oxygens (including phenoxy) is 1. The van der Waals surface area contributed by atoms with E-state index in [0.29, 0.717) is 10.8 Å². The zero-order chi connectivity index (χ0) is 13.9. The van der Waals surface area contributed by atoms with Gasteiger partial charge in [-0.15, -0.1) is 0 Å². The molecule has 4 nitrogen and oxygen atoms in total. The lowest BCUT2D eigenvalue weighted by Crippen LogP contribution is -2.35. The largest absolute Gasteiger partial charge is 0.479 e. The lowest BCUT2D eigenvalue weighted by molar-refractivity contribution is -0.135. The molecule has 5 heteroatoms. The summed E-state index contributed by atoms with van der Waals surface area (Å²) < 4.78 is 5.54. The normalized spacial score (nSPS) is 13.9. The lowest BCUT2D eigenvalue weighted by Gasteiger charge is -2.19. The molecule has 0 aliphatic heterocycles. The highest BCUT2D eigenvalue weighted by atomic mass is 35.5. The van der Waals surface area contributed by atoms with Crippen molar-refractivity contribution in [2.45, 2.75) is 26.0 Å². The topological polar surface area (TPSA) is 55.6 Å². The molecule has 0 radical (unpaired) electrons. The summed E-state index contributed by atoms with van der Waals surface area (Å²) in [5.41, 5.74) is 6.69. The molecule has 1 amide bonds. The van der Waals surface area contributed by atoms with Crippen LogP contribution in [0, 0.1) is 0 Å². The molecule has 18 heavy (non-hydrogen) atoms. The van der Waals surface area contributed by atoms with Crippen LogP contribution in [0.4, 0.5) is 0 Å². The molecular formula is C13H19ClN2O2. The molecule has 0 spiro atoms. The summed E-state index contributed by atoms with van der Waals surface area (Å²) in [6.45, 7) is 3.57. The quantitative estimate of drug-likeness (QED) is 0.913. The molecule has 2 atom stereocenters. The van der Waals surface area contributed by atoms with Crippen molar-refractivity contribution < 1.29 is 9.53 Å². The first-order valence-electron chi connectivity index (χ1n) is 5.75. The van der Waals surface area contributed by atoms with Crippen molar-refractivity contribution in [3.63, 3.8) is 0 Å². The fraction of sp³-hybridized carbons (Fsp3) is 0.462. The Morgan fingerprint density at radius 3 is 2.44 bits per heavy atom. The van der Waals surface area contributed by atoms with E-state index in [2.05, 4.69) is 0 Å². The second kappa shape index (κ2) is 6.07. The number of amides is 1. The Balaban J connectivity index is 2.83. The molecule has 0 bridgehead atoms. The van der Waals surface area contributed by atoms with E-state index in [1.165, 1.54) is 4.90 Å². The zero-order valence-electron chi connectivity index (χ0n) is 11.1. The first kappa shape index (κ1) is 14.8. The number of nitrogens with two attached hydrogens (primary N) is 1. The smallest absolute Gasteiger partial charge is 0.262 e. The molecule has 0 saturated heterocycles. The first-order chi connectivity index (χ1) is 8.32. The maximum atomic E-state index is 11.7. The number of rotatable bonds is 4. The average Bonchev–Trinajstić information content (AvgIpc) is 2.30. The molecule has 0 saturated carbocycles. The fourth-order valence-corrected chi connectivity index (χ4v) is 1.73. The Labute approximate surface area is 113 Å². The minimum Gasteiger partial charge on any atom is -0.479 e. The number of nitrogens with zero attached hydrogens (tertiary/aromatic N) is 1. The number of hydrogen-bond acceptors (Lipinski definition) is 3. The minimum atomic E-state index is -0.571. The van der Waals surface area contributed by atoms with Crippen LogP contribution in [0.5, 0.6) is 5.75 Å². The highest BCUT2D eigenvalue weighted by molar-refractivity contribution is 6.32. The van der Waals surface area contributed by atoms with Crippen molar-refractivity contribution in [3.05, 3.63) is 28.8 Å². The summed E-state index contributed by atoms with van der Waals surface area (Å²) in [6, 6.07) is 5.26. The fourth-order valence-electron chi connectivity index (χ4n) is 1.50. The number of hydrogen-bond donors (Lipinski definition) is 1. The Hall–Kier alpha value is -1.26. The maximum absolute atomic E-state index is 11.7. The SMILES string of the molecule is CC(Oc1ccc([C@H](C)N)cc1Cl)C(=O)N(C)C. The summed E-state index contributed by atoms with van der Waals surface area (Å²) in [7, 11) is 3.37. The third-order valence-electron chi connectivity index (χ3n) is 2.57.